The van der Waals surface area contributed by atoms with Crippen LogP contribution in [0.4, 0.5) is 0 Å². The van der Waals surface area contributed by atoms with Crippen molar-refractivity contribution in [3.05, 3.63) is 29.3 Å². The fourth-order valence-corrected chi connectivity index (χ4v) is 5.89. The third-order valence-electron chi connectivity index (χ3n) is 5.57. The van der Waals surface area contributed by atoms with Crippen LogP contribution in [0.25, 0.3) is 0 Å². The average molecular weight is 411 g/mol. The van der Waals surface area contributed by atoms with Crippen LogP contribution in [0.2, 0.25) is 0 Å². The van der Waals surface area contributed by atoms with E-state index >= 15 is 0 Å². The molecule has 1 N–H and O–H groups in total. The molecule has 2 fully saturated rings. The van der Waals surface area contributed by atoms with Crippen molar-refractivity contribution in [2.45, 2.75) is 44.8 Å². The summed E-state index contributed by atoms with van der Waals surface area (Å²) in [7, 11) is -3.53. The van der Waals surface area contributed by atoms with Gasteiger partial charge in [0.2, 0.25) is 10.0 Å². The molecular formula is C20H32N3O4S+. The minimum Gasteiger partial charge on any atom is -0.364 e. The Bertz CT molecular complexity index is 809. The van der Waals surface area contributed by atoms with Crippen molar-refractivity contribution in [2.75, 3.05) is 45.8 Å². The van der Waals surface area contributed by atoms with Crippen LogP contribution >= 0.6 is 0 Å². The lowest BCUT2D eigenvalue weighted by atomic mass is 10.2. The molecule has 0 bridgehead atoms. The number of nitrogens with zero attached hydrogens (tertiary/aromatic N) is 2. The molecule has 0 aliphatic carbocycles. The fraction of sp³-hybridized carbons (Fsp3) is 0.650. The Labute approximate surface area is 168 Å². The minimum absolute atomic E-state index is 0.0973. The smallest absolute Gasteiger partial charge is 0.277 e. The number of hydrogen-bond donors (Lipinski definition) is 1. The van der Waals surface area contributed by atoms with Crippen molar-refractivity contribution in [1.82, 2.24) is 9.21 Å². The largest absolute Gasteiger partial charge is 0.364 e. The first-order chi connectivity index (χ1) is 13.2. The van der Waals surface area contributed by atoms with E-state index in [9.17, 15) is 13.2 Å². The topological polar surface area (TPSA) is 71.4 Å². The monoisotopic (exact) mass is 410 g/mol. The first kappa shape index (κ1) is 21.2. The number of benzene rings is 1. The number of morpholine rings is 1. The van der Waals surface area contributed by atoms with E-state index in [0.717, 1.165) is 24.2 Å². The number of hydrogen-bond acceptors (Lipinski definition) is 4. The maximum Gasteiger partial charge on any atom is 0.277 e. The molecule has 2 saturated heterocycles. The Morgan fingerprint density at radius 3 is 2.32 bits per heavy atom. The summed E-state index contributed by atoms with van der Waals surface area (Å²) < 4.78 is 33.3. The number of sulfonamides is 1. The lowest BCUT2D eigenvalue weighted by Crippen LogP contribution is -3.16. The predicted octanol–water partition coefficient (Wildman–Crippen LogP) is -0.172. The van der Waals surface area contributed by atoms with Gasteiger partial charge in [-0.3, -0.25) is 4.79 Å². The van der Waals surface area contributed by atoms with Crippen LogP contribution in [0.5, 0.6) is 0 Å². The zero-order valence-corrected chi connectivity index (χ0v) is 18.1. The highest BCUT2D eigenvalue weighted by Crippen LogP contribution is 2.22. The number of nitrogens with one attached hydrogen (secondary N) is 1. The lowest BCUT2D eigenvalue weighted by molar-refractivity contribution is -0.907. The van der Waals surface area contributed by atoms with Gasteiger partial charge in [0.1, 0.15) is 25.3 Å². The van der Waals surface area contributed by atoms with Gasteiger partial charge in [0, 0.05) is 26.2 Å². The van der Waals surface area contributed by atoms with Crippen LogP contribution < -0.4 is 4.90 Å². The van der Waals surface area contributed by atoms with E-state index < -0.39 is 10.0 Å². The third-order valence-corrected chi connectivity index (χ3v) is 7.61. The van der Waals surface area contributed by atoms with Gasteiger partial charge in [0.15, 0.2) is 6.54 Å². The Kier molecular flexibility index (Phi) is 6.44. The van der Waals surface area contributed by atoms with Crippen LogP contribution in [0.1, 0.15) is 25.0 Å². The zero-order valence-electron chi connectivity index (χ0n) is 17.3. The van der Waals surface area contributed by atoms with Gasteiger partial charge in [-0.15, -0.1) is 0 Å². The SMILES string of the molecule is Cc1ccc(C)c(S(=O)(=O)N2CCN(C(=O)C[NH+]3C[C@H](C)O[C@@H](C)C3)CC2)c1. The van der Waals surface area contributed by atoms with Crippen LogP contribution in [-0.4, -0.2) is 81.6 Å². The highest BCUT2D eigenvalue weighted by Gasteiger charge is 2.33. The van der Waals surface area contributed by atoms with E-state index in [4.69, 9.17) is 4.74 Å². The molecule has 0 radical (unpaired) electrons. The normalized spacial score (nSPS) is 27.0. The van der Waals surface area contributed by atoms with E-state index in [-0.39, 0.29) is 18.1 Å². The summed E-state index contributed by atoms with van der Waals surface area (Å²) in [5, 5.41) is 0. The summed E-state index contributed by atoms with van der Waals surface area (Å²) in [4.78, 5) is 16.1. The summed E-state index contributed by atoms with van der Waals surface area (Å²) in [6.07, 6.45) is 0.317. The summed E-state index contributed by atoms with van der Waals surface area (Å²) in [5.74, 6) is 0.0973. The number of quaternary nitrogens is 1. The highest BCUT2D eigenvalue weighted by molar-refractivity contribution is 7.89. The average Bonchev–Trinajstić information content (AvgIpc) is 2.63. The fourth-order valence-electron chi connectivity index (χ4n) is 4.16. The van der Waals surface area contributed by atoms with E-state index in [1.165, 1.54) is 9.21 Å². The number of amides is 1. The van der Waals surface area contributed by atoms with Gasteiger partial charge < -0.3 is 14.5 Å². The number of rotatable bonds is 4. The van der Waals surface area contributed by atoms with Gasteiger partial charge in [0.05, 0.1) is 4.90 Å². The molecule has 2 heterocycles. The van der Waals surface area contributed by atoms with E-state index in [2.05, 4.69) is 0 Å². The van der Waals surface area contributed by atoms with Crippen molar-refractivity contribution < 1.29 is 22.8 Å². The molecule has 0 saturated carbocycles. The molecule has 0 aromatic heterocycles. The molecule has 2 aliphatic rings. The molecule has 2 atom stereocenters. The van der Waals surface area contributed by atoms with Gasteiger partial charge in [-0.25, -0.2) is 8.42 Å². The van der Waals surface area contributed by atoms with Gasteiger partial charge in [0.25, 0.3) is 5.91 Å². The Morgan fingerprint density at radius 1 is 1.11 bits per heavy atom. The molecule has 3 rings (SSSR count). The maximum atomic E-state index is 13.0. The molecule has 8 heteroatoms. The van der Waals surface area contributed by atoms with E-state index in [0.29, 0.717) is 37.6 Å². The van der Waals surface area contributed by atoms with Crippen LogP contribution in [0.15, 0.2) is 23.1 Å². The first-order valence-corrected chi connectivity index (χ1v) is 11.4. The number of carbonyl (C=O) groups is 1. The van der Waals surface area contributed by atoms with Crippen LogP contribution in [0, 0.1) is 13.8 Å². The summed E-state index contributed by atoms with van der Waals surface area (Å²) in [5.41, 5.74) is 1.68. The van der Waals surface area contributed by atoms with Crippen molar-refractivity contribution >= 4 is 15.9 Å². The van der Waals surface area contributed by atoms with Gasteiger partial charge >= 0.3 is 0 Å². The first-order valence-electron chi connectivity index (χ1n) is 10.0. The summed E-state index contributed by atoms with van der Waals surface area (Å²) in [6.45, 7) is 11.5. The van der Waals surface area contributed by atoms with Gasteiger partial charge in [-0.05, 0) is 44.9 Å². The van der Waals surface area contributed by atoms with Crippen LogP contribution in [-0.2, 0) is 19.6 Å². The molecule has 1 aromatic rings. The zero-order chi connectivity index (χ0) is 20.5. The Hall–Kier alpha value is -1.48. The molecule has 0 unspecified atom stereocenters. The van der Waals surface area contributed by atoms with Gasteiger partial charge in [-0.1, -0.05) is 12.1 Å². The molecule has 0 spiro atoms. The van der Waals surface area contributed by atoms with Crippen LogP contribution in [0.3, 0.4) is 0 Å². The number of carbonyl (C=O) groups excluding carboxylic acids is 1. The minimum atomic E-state index is -3.53. The summed E-state index contributed by atoms with van der Waals surface area (Å²) in [6, 6.07) is 5.49. The van der Waals surface area contributed by atoms with Crippen molar-refractivity contribution in [3.63, 3.8) is 0 Å². The number of ether oxygens (including phenoxy) is 1. The van der Waals surface area contributed by atoms with E-state index in [1.807, 2.05) is 39.8 Å². The predicted molar refractivity (Wildman–Crippen MR) is 107 cm³/mol. The number of piperazine rings is 1. The van der Waals surface area contributed by atoms with Crippen molar-refractivity contribution in [1.29, 1.82) is 0 Å². The molecule has 2 aliphatic heterocycles. The number of aryl methyl sites for hydroxylation is 2. The lowest BCUT2D eigenvalue weighted by Gasteiger charge is -2.36. The van der Waals surface area contributed by atoms with E-state index in [1.54, 1.807) is 11.0 Å². The molecule has 28 heavy (non-hydrogen) atoms. The Balaban J connectivity index is 1.59. The summed E-state index contributed by atoms with van der Waals surface area (Å²) >= 11 is 0. The molecule has 1 amide bonds. The second-order valence-electron chi connectivity index (χ2n) is 8.15. The quantitative estimate of drug-likeness (QED) is 0.748. The highest BCUT2D eigenvalue weighted by atomic mass is 32.2. The molecular weight excluding hydrogens is 378 g/mol. The molecule has 1 aromatic carbocycles. The maximum absolute atomic E-state index is 13.0. The third kappa shape index (κ3) is 4.74. The molecule has 156 valence electrons. The Morgan fingerprint density at radius 2 is 1.71 bits per heavy atom. The van der Waals surface area contributed by atoms with Gasteiger partial charge in [-0.2, -0.15) is 4.31 Å². The molecule has 7 nitrogen and oxygen atoms in total. The van der Waals surface area contributed by atoms with Crippen molar-refractivity contribution in [2.24, 2.45) is 0 Å². The van der Waals surface area contributed by atoms with Crippen molar-refractivity contribution in [3.8, 4) is 0 Å². The standard InChI is InChI=1S/C20H31N3O4S/c1-15-5-6-16(2)19(11-15)28(25,26)23-9-7-22(8-10-23)20(24)14-21-12-17(3)27-18(4)13-21/h5-6,11,17-18H,7-10,12-14H2,1-4H3/p+1/t17-,18-/m0/s1. The second-order valence-corrected chi connectivity index (χ2v) is 10.1. The second kappa shape index (κ2) is 8.49.